The van der Waals surface area contributed by atoms with E-state index >= 15 is 0 Å². The molecule has 3 aromatic carbocycles. The van der Waals surface area contributed by atoms with E-state index in [9.17, 15) is 9.59 Å². The van der Waals surface area contributed by atoms with E-state index in [0.717, 1.165) is 10.9 Å². The lowest BCUT2D eigenvalue weighted by atomic mass is 10.2. The third-order valence-electron chi connectivity index (χ3n) is 5.51. The molecular formula is C26H24BrClN4O2. The van der Waals surface area contributed by atoms with Gasteiger partial charge in [0.2, 0.25) is 0 Å². The zero-order valence-corrected chi connectivity index (χ0v) is 21.2. The molecule has 34 heavy (non-hydrogen) atoms. The van der Waals surface area contributed by atoms with E-state index in [1.165, 1.54) is 0 Å². The van der Waals surface area contributed by atoms with Crippen LogP contribution in [0.3, 0.4) is 0 Å². The Morgan fingerprint density at radius 3 is 2.62 bits per heavy atom. The molecule has 1 aromatic heterocycles. The first-order chi connectivity index (χ1) is 16.4. The smallest absolute Gasteiger partial charge is 0.315 e. The van der Waals surface area contributed by atoms with Crippen LogP contribution in [-0.4, -0.2) is 27.0 Å². The predicted molar refractivity (Wildman–Crippen MR) is 141 cm³/mol. The predicted octanol–water partition coefficient (Wildman–Crippen LogP) is 6.81. The Bertz CT molecular complexity index is 1410. The zero-order valence-electron chi connectivity index (χ0n) is 18.8. The highest BCUT2D eigenvalue weighted by Crippen LogP contribution is 2.25. The minimum absolute atomic E-state index is 0.210. The van der Waals surface area contributed by atoms with Crippen molar-refractivity contribution in [2.45, 2.75) is 26.3 Å². The summed E-state index contributed by atoms with van der Waals surface area (Å²) in [6, 6.07) is 20.9. The molecule has 0 fully saturated rings. The van der Waals surface area contributed by atoms with Gasteiger partial charge in [-0.25, -0.2) is 9.78 Å². The number of amides is 2. The first-order valence-corrected chi connectivity index (χ1v) is 12.2. The van der Waals surface area contributed by atoms with Crippen LogP contribution in [0.25, 0.3) is 16.6 Å². The van der Waals surface area contributed by atoms with Gasteiger partial charge < -0.3 is 10.2 Å². The minimum Gasteiger partial charge on any atom is -0.315 e. The van der Waals surface area contributed by atoms with Crippen molar-refractivity contribution >= 4 is 50.2 Å². The summed E-state index contributed by atoms with van der Waals surface area (Å²) in [4.78, 5) is 33.5. The largest absolute Gasteiger partial charge is 0.322 e. The van der Waals surface area contributed by atoms with Crippen molar-refractivity contribution in [3.8, 4) is 5.69 Å². The number of aromatic nitrogens is 2. The fourth-order valence-electron chi connectivity index (χ4n) is 3.91. The van der Waals surface area contributed by atoms with E-state index < -0.39 is 6.04 Å². The van der Waals surface area contributed by atoms with E-state index in [0.29, 0.717) is 39.7 Å². The Labute approximate surface area is 211 Å². The summed E-state index contributed by atoms with van der Waals surface area (Å²) < 4.78 is 2.42. The maximum atomic E-state index is 13.6. The number of fused-ring (bicyclic) bond motifs is 1. The molecule has 0 radical (unpaired) electrons. The van der Waals surface area contributed by atoms with Gasteiger partial charge in [-0.15, -0.1) is 0 Å². The van der Waals surface area contributed by atoms with Crippen molar-refractivity contribution in [3.05, 3.63) is 98.5 Å². The SMILES string of the molecule is CCCN(C(=O)Nc1cccc(Br)c1)C(C)c1nc2ccccc2c(=O)n1-c1cccc(Cl)c1. The number of carbonyl (C=O) groups excluding carboxylic acids is 1. The zero-order chi connectivity index (χ0) is 24.2. The third-order valence-corrected chi connectivity index (χ3v) is 6.24. The summed E-state index contributed by atoms with van der Waals surface area (Å²) in [7, 11) is 0. The van der Waals surface area contributed by atoms with Gasteiger partial charge in [-0.2, -0.15) is 0 Å². The van der Waals surface area contributed by atoms with E-state index in [1.54, 1.807) is 39.8 Å². The highest BCUT2D eigenvalue weighted by atomic mass is 79.9. The van der Waals surface area contributed by atoms with E-state index in [-0.39, 0.29) is 11.6 Å². The van der Waals surface area contributed by atoms with Crippen molar-refractivity contribution in [1.29, 1.82) is 0 Å². The molecule has 0 spiro atoms. The quantitative estimate of drug-likeness (QED) is 0.293. The Morgan fingerprint density at radius 2 is 1.88 bits per heavy atom. The van der Waals surface area contributed by atoms with Crippen LogP contribution in [0.4, 0.5) is 10.5 Å². The lowest BCUT2D eigenvalue weighted by molar-refractivity contribution is 0.189. The van der Waals surface area contributed by atoms with Gasteiger partial charge in [-0.1, -0.05) is 58.7 Å². The van der Waals surface area contributed by atoms with Crippen LogP contribution in [0.15, 0.2) is 82.1 Å². The number of halogens is 2. The highest BCUT2D eigenvalue weighted by Gasteiger charge is 2.26. The molecule has 8 heteroatoms. The topological polar surface area (TPSA) is 67.2 Å². The summed E-state index contributed by atoms with van der Waals surface area (Å²) in [5.74, 6) is 0.462. The number of hydrogen-bond donors (Lipinski definition) is 1. The molecule has 0 saturated carbocycles. The van der Waals surface area contributed by atoms with E-state index in [1.807, 2.05) is 56.3 Å². The van der Waals surface area contributed by atoms with Gasteiger partial charge in [0.05, 0.1) is 22.6 Å². The summed E-state index contributed by atoms with van der Waals surface area (Å²) >= 11 is 9.68. The fraction of sp³-hybridized carbons (Fsp3) is 0.192. The number of para-hydroxylation sites is 1. The minimum atomic E-state index is -0.497. The van der Waals surface area contributed by atoms with Crippen LogP contribution in [0.2, 0.25) is 5.02 Å². The second-order valence-corrected chi connectivity index (χ2v) is 9.27. The second-order valence-electron chi connectivity index (χ2n) is 7.92. The van der Waals surface area contributed by atoms with E-state index in [2.05, 4.69) is 21.2 Å². The fourth-order valence-corrected chi connectivity index (χ4v) is 4.49. The molecule has 0 aliphatic rings. The molecule has 0 aliphatic heterocycles. The summed E-state index contributed by atoms with van der Waals surface area (Å²) in [5, 5.41) is 3.97. The molecule has 1 atom stereocenters. The van der Waals surface area contributed by atoms with Crippen LogP contribution in [0.1, 0.15) is 32.1 Å². The lowest BCUT2D eigenvalue weighted by Gasteiger charge is -2.30. The molecule has 1 N–H and O–H groups in total. The monoisotopic (exact) mass is 538 g/mol. The van der Waals surface area contributed by atoms with Crippen LogP contribution in [-0.2, 0) is 0 Å². The average molecular weight is 540 g/mol. The van der Waals surface area contributed by atoms with Crippen molar-refractivity contribution in [2.24, 2.45) is 0 Å². The number of urea groups is 1. The molecular weight excluding hydrogens is 516 g/mol. The van der Waals surface area contributed by atoms with Gasteiger partial charge in [0.25, 0.3) is 5.56 Å². The molecule has 0 aliphatic carbocycles. The molecule has 2 amide bonds. The van der Waals surface area contributed by atoms with Gasteiger partial charge in [-0.3, -0.25) is 9.36 Å². The Balaban J connectivity index is 1.83. The van der Waals surface area contributed by atoms with Crippen LogP contribution >= 0.6 is 27.5 Å². The second kappa shape index (κ2) is 10.4. The molecule has 174 valence electrons. The standard InChI is InChI=1S/C26H24BrClN4O2/c1-3-14-31(26(34)29-20-10-6-8-18(27)15-20)17(2)24-30-23-13-5-4-12-22(23)25(33)32(24)21-11-7-9-19(28)16-21/h4-13,15-17H,3,14H2,1-2H3,(H,29,34). The number of nitrogens with one attached hydrogen (secondary N) is 1. The van der Waals surface area contributed by atoms with Crippen LogP contribution in [0, 0.1) is 0 Å². The Hall–Kier alpha value is -3.16. The van der Waals surface area contributed by atoms with Gasteiger partial charge >= 0.3 is 6.03 Å². The van der Waals surface area contributed by atoms with Crippen LogP contribution in [0.5, 0.6) is 0 Å². The molecule has 4 aromatic rings. The van der Waals surface area contributed by atoms with Gasteiger partial charge in [-0.05, 0) is 61.9 Å². The number of benzene rings is 3. The first-order valence-electron chi connectivity index (χ1n) is 11.0. The molecule has 1 heterocycles. The Morgan fingerprint density at radius 1 is 1.12 bits per heavy atom. The molecule has 6 nitrogen and oxygen atoms in total. The number of nitrogens with zero attached hydrogens (tertiary/aromatic N) is 3. The van der Waals surface area contributed by atoms with Gasteiger partial charge in [0.1, 0.15) is 5.82 Å². The normalized spacial score (nSPS) is 11.9. The number of anilines is 1. The van der Waals surface area contributed by atoms with Crippen molar-refractivity contribution in [3.63, 3.8) is 0 Å². The van der Waals surface area contributed by atoms with Crippen molar-refractivity contribution in [1.82, 2.24) is 14.5 Å². The van der Waals surface area contributed by atoms with Crippen LogP contribution < -0.4 is 10.9 Å². The number of hydrogen-bond acceptors (Lipinski definition) is 3. The summed E-state index contributed by atoms with van der Waals surface area (Å²) in [6.07, 6.45) is 0.741. The van der Waals surface area contributed by atoms with Gasteiger partial charge in [0.15, 0.2) is 0 Å². The maximum Gasteiger partial charge on any atom is 0.322 e. The molecule has 1 unspecified atom stereocenters. The maximum absolute atomic E-state index is 13.6. The van der Waals surface area contributed by atoms with Crippen molar-refractivity contribution in [2.75, 3.05) is 11.9 Å². The Kier molecular flexibility index (Phi) is 7.34. The molecule has 4 rings (SSSR count). The first kappa shape index (κ1) is 24.0. The number of rotatable bonds is 6. The average Bonchev–Trinajstić information content (AvgIpc) is 2.82. The molecule has 0 bridgehead atoms. The third kappa shape index (κ3) is 5.00. The summed E-state index contributed by atoms with van der Waals surface area (Å²) in [6.45, 7) is 4.37. The summed E-state index contributed by atoms with van der Waals surface area (Å²) in [5.41, 5.74) is 1.64. The van der Waals surface area contributed by atoms with Gasteiger partial charge in [0, 0.05) is 21.7 Å². The molecule has 0 saturated heterocycles. The van der Waals surface area contributed by atoms with E-state index in [4.69, 9.17) is 16.6 Å². The lowest BCUT2D eigenvalue weighted by Crippen LogP contribution is -2.40. The number of carbonyl (C=O) groups is 1. The highest BCUT2D eigenvalue weighted by molar-refractivity contribution is 9.10. The van der Waals surface area contributed by atoms with Crippen molar-refractivity contribution < 1.29 is 4.79 Å².